The zero-order valence-electron chi connectivity index (χ0n) is 19.8. The van der Waals surface area contributed by atoms with Crippen molar-refractivity contribution in [1.29, 1.82) is 0 Å². The van der Waals surface area contributed by atoms with E-state index in [0.717, 1.165) is 41.8 Å². The Labute approximate surface area is 221 Å². The monoisotopic (exact) mass is 539 g/mol. The number of halogens is 3. The predicted molar refractivity (Wildman–Crippen MR) is 146 cm³/mol. The molecule has 2 N–H and O–H groups in total. The van der Waals surface area contributed by atoms with Gasteiger partial charge in [-0.1, -0.05) is 6.07 Å². The van der Waals surface area contributed by atoms with Gasteiger partial charge in [0.1, 0.15) is 5.69 Å². The summed E-state index contributed by atoms with van der Waals surface area (Å²) in [5.41, 5.74) is 0.904. The lowest BCUT2D eigenvalue weighted by Crippen LogP contribution is -2.30. The van der Waals surface area contributed by atoms with Crippen LogP contribution in [-0.4, -0.2) is 53.5 Å². The second kappa shape index (κ2) is 12.3. The molecule has 1 aromatic carbocycles. The number of aromatic nitrogens is 2. The molecule has 1 amide bonds. The van der Waals surface area contributed by atoms with E-state index < -0.39 is 5.82 Å². The first kappa shape index (κ1) is 27.6. The number of likely N-dealkylation sites (tertiary alicyclic amines) is 1. The quantitative estimate of drug-likeness (QED) is 0.355. The van der Waals surface area contributed by atoms with Crippen molar-refractivity contribution in [2.24, 2.45) is 5.92 Å². The number of fused-ring (bicyclic) bond motifs is 1. The van der Waals surface area contributed by atoms with E-state index in [1.165, 1.54) is 49.9 Å². The highest BCUT2D eigenvalue weighted by molar-refractivity contribution is 7.22. The van der Waals surface area contributed by atoms with Crippen molar-refractivity contribution in [3.8, 4) is 10.6 Å². The molecule has 0 spiro atoms. The van der Waals surface area contributed by atoms with Crippen LogP contribution < -0.4 is 10.6 Å². The van der Waals surface area contributed by atoms with Crippen molar-refractivity contribution in [2.45, 2.75) is 44.6 Å². The molecule has 3 aromatic rings. The molecule has 0 unspecified atom stereocenters. The normalized spacial score (nSPS) is 16.4. The van der Waals surface area contributed by atoms with Crippen LogP contribution in [0.3, 0.4) is 0 Å². The zero-order valence-corrected chi connectivity index (χ0v) is 22.2. The molecule has 1 saturated carbocycles. The third-order valence-corrected chi connectivity index (χ3v) is 7.71. The molecule has 0 radical (unpaired) electrons. The van der Waals surface area contributed by atoms with Gasteiger partial charge in [0.05, 0.1) is 11.1 Å². The fourth-order valence-corrected chi connectivity index (χ4v) is 5.51. The van der Waals surface area contributed by atoms with E-state index in [1.807, 2.05) is 24.3 Å². The number of piperidine rings is 1. The Balaban J connectivity index is 0.00000171. The Morgan fingerprint density at radius 2 is 1.97 bits per heavy atom. The van der Waals surface area contributed by atoms with Crippen molar-refractivity contribution in [1.82, 2.24) is 20.2 Å². The molecule has 5 rings (SSSR count). The summed E-state index contributed by atoms with van der Waals surface area (Å²) in [7, 11) is 2.18. The van der Waals surface area contributed by atoms with Crippen LogP contribution in [-0.2, 0) is 0 Å². The lowest BCUT2D eigenvalue weighted by atomic mass is 9.92. The molecule has 1 aliphatic heterocycles. The molecular formula is C25H32Cl2FN5OS. The third-order valence-electron chi connectivity index (χ3n) is 6.61. The summed E-state index contributed by atoms with van der Waals surface area (Å²) in [6.45, 7) is 3.14. The largest absolute Gasteiger partial charge is 0.354 e. The number of rotatable bonds is 8. The summed E-state index contributed by atoms with van der Waals surface area (Å²) in [4.78, 5) is 24.3. The summed E-state index contributed by atoms with van der Waals surface area (Å²) >= 11 is 1.44. The highest BCUT2D eigenvalue weighted by atomic mass is 35.5. The number of thiophene rings is 1. The lowest BCUT2D eigenvalue weighted by Gasteiger charge is -2.28. The molecule has 10 heteroatoms. The highest BCUT2D eigenvalue weighted by Crippen LogP contribution is 2.36. The Morgan fingerprint density at radius 1 is 1.20 bits per heavy atom. The van der Waals surface area contributed by atoms with Crippen LogP contribution in [0, 0.1) is 11.7 Å². The number of nitrogens with zero attached hydrogens (tertiary/aromatic N) is 3. The molecule has 2 aliphatic rings. The topological polar surface area (TPSA) is 70.2 Å². The van der Waals surface area contributed by atoms with E-state index in [-0.39, 0.29) is 36.4 Å². The van der Waals surface area contributed by atoms with E-state index in [1.54, 1.807) is 0 Å². The smallest absolute Gasteiger partial charge is 0.252 e. The average Bonchev–Trinajstić information content (AvgIpc) is 3.52. The zero-order chi connectivity index (χ0) is 22.8. The molecule has 0 bridgehead atoms. The van der Waals surface area contributed by atoms with Gasteiger partial charge < -0.3 is 15.5 Å². The van der Waals surface area contributed by atoms with Crippen molar-refractivity contribution < 1.29 is 9.18 Å². The number of hydrogen-bond acceptors (Lipinski definition) is 6. The first-order valence-corrected chi connectivity index (χ1v) is 12.7. The standard InChI is InChI=1S/C25H30FN5OS.2ClH/c1-31-12-9-16(10-13-31)4-3-11-27-25-28-15-20(26)23(30-25)22-14-19-18(5-2-6-21(19)33-22)24(32)29-17-7-8-17;;/h2,5-6,14-17H,3-4,7-13H2,1H3,(H,29,32)(H,27,28,30);2*1H. The third kappa shape index (κ3) is 6.82. The van der Waals surface area contributed by atoms with Crippen molar-refractivity contribution in [3.63, 3.8) is 0 Å². The number of carbonyl (C=O) groups is 1. The predicted octanol–water partition coefficient (Wildman–Crippen LogP) is 5.77. The van der Waals surface area contributed by atoms with Crippen LogP contribution >= 0.6 is 36.2 Å². The minimum atomic E-state index is -0.456. The van der Waals surface area contributed by atoms with Crippen molar-refractivity contribution in [3.05, 3.63) is 41.8 Å². The Morgan fingerprint density at radius 3 is 2.71 bits per heavy atom. The molecule has 35 heavy (non-hydrogen) atoms. The number of anilines is 1. The van der Waals surface area contributed by atoms with E-state index in [9.17, 15) is 9.18 Å². The molecule has 1 aliphatic carbocycles. The molecule has 2 fully saturated rings. The molecular weight excluding hydrogens is 508 g/mol. The average molecular weight is 541 g/mol. The first-order valence-electron chi connectivity index (χ1n) is 11.9. The molecule has 3 heterocycles. The van der Waals surface area contributed by atoms with Gasteiger partial charge in [0.25, 0.3) is 5.91 Å². The van der Waals surface area contributed by atoms with Crippen LogP contribution in [0.25, 0.3) is 20.7 Å². The molecule has 2 aromatic heterocycles. The maximum atomic E-state index is 14.7. The molecule has 190 valence electrons. The Hall–Kier alpha value is -2.00. The summed E-state index contributed by atoms with van der Waals surface area (Å²) < 4.78 is 15.6. The van der Waals surface area contributed by atoms with E-state index in [0.29, 0.717) is 22.4 Å². The van der Waals surface area contributed by atoms with Gasteiger partial charge in [0.2, 0.25) is 5.95 Å². The van der Waals surface area contributed by atoms with Gasteiger partial charge in [-0.15, -0.1) is 36.2 Å². The SMILES string of the molecule is CN1CCC(CCCNc2ncc(F)c(-c3cc4c(C(=O)NC5CC5)cccc4s3)n2)CC1.Cl.Cl. The maximum absolute atomic E-state index is 14.7. The molecule has 1 saturated heterocycles. The minimum Gasteiger partial charge on any atom is -0.354 e. The minimum absolute atomic E-state index is 0. The molecule has 0 atom stereocenters. The van der Waals surface area contributed by atoms with Crippen molar-refractivity contribution in [2.75, 3.05) is 32.0 Å². The Bertz CT molecular complexity index is 1150. The van der Waals surface area contributed by atoms with Crippen LogP contribution in [0.15, 0.2) is 30.5 Å². The summed E-state index contributed by atoms with van der Waals surface area (Å²) in [5, 5.41) is 7.14. The van der Waals surface area contributed by atoms with Crippen LogP contribution in [0.1, 0.15) is 48.9 Å². The van der Waals surface area contributed by atoms with Crippen LogP contribution in [0.5, 0.6) is 0 Å². The van der Waals surface area contributed by atoms with E-state index in [4.69, 9.17) is 0 Å². The lowest BCUT2D eigenvalue weighted by molar-refractivity contribution is 0.0952. The second-order valence-electron chi connectivity index (χ2n) is 9.28. The summed E-state index contributed by atoms with van der Waals surface area (Å²) in [6.07, 6.45) is 8.07. The van der Waals surface area contributed by atoms with Gasteiger partial charge in [0.15, 0.2) is 5.82 Å². The number of benzene rings is 1. The van der Waals surface area contributed by atoms with Gasteiger partial charge in [-0.3, -0.25) is 4.79 Å². The fourth-order valence-electron chi connectivity index (χ4n) is 4.43. The number of amides is 1. The fraction of sp³-hybridized carbons (Fsp3) is 0.480. The van der Waals surface area contributed by atoms with E-state index in [2.05, 4.69) is 32.5 Å². The van der Waals surface area contributed by atoms with Crippen LogP contribution in [0.4, 0.5) is 10.3 Å². The van der Waals surface area contributed by atoms with Gasteiger partial charge in [-0.25, -0.2) is 14.4 Å². The number of hydrogen-bond donors (Lipinski definition) is 2. The van der Waals surface area contributed by atoms with Crippen molar-refractivity contribution >= 4 is 58.1 Å². The van der Waals surface area contributed by atoms with Gasteiger partial charge in [-0.2, -0.15) is 0 Å². The van der Waals surface area contributed by atoms with E-state index >= 15 is 0 Å². The second-order valence-corrected chi connectivity index (χ2v) is 10.4. The van der Waals surface area contributed by atoms with Gasteiger partial charge in [0, 0.05) is 28.2 Å². The maximum Gasteiger partial charge on any atom is 0.252 e. The highest BCUT2D eigenvalue weighted by Gasteiger charge is 2.25. The number of carbonyl (C=O) groups excluding carboxylic acids is 1. The molecule has 6 nitrogen and oxygen atoms in total. The van der Waals surface area contributed by atoms with Gasteiger partial charge >= 0.3 is 0 Å². The van der Waals surface area contributed by atoms with Gasteiger partial charge in [-0.05, 0) is 82.8 Å². The van der Waals surface area contributed by atoms with Crippen LogP contribution in [0.2, 0.25) is 0 Å². The summed E-state index contributed by atoms with van der Waals surface area (Å²) in [5.74, 6) is 0.710. The number of nitrogens with one attached hydrogen (secondary N) is 2. The Kier molecular flexibility index (Phi) is 9.69. The first-order chi connectivity index (χ1) is 16.1. The summed E-state index contributed by atoms with van der Waals surface area (Å²) in [6, 6.07) is 7.82.